The molecule has 11 rings (SSSR count). The first-order valence-corrected chi connectivity index (χ1v) is 18.3. The van der Waals surface area contributed by atoms with E-state index in [2.05, 4.69) is 194 Å². The number of hydrogen-bond acceptors (Lipinski definition) is 1. The fourth-order valence-electron chi connectivity index (χ4n) is 8.60. The van der Waals surface area contributed by atoms with Crippen LogP contribution in [-0.4, -0.2) is 0 Å². The van der Waals surface area contributed by atoms with Crippen molar-refractivity contribution in [2.75, 3.05) is 0 Å². The van der Waals surface area contributed by atoms with Crippen molar-refractivity contribution in [1.29, 1.82) is 0 Å². The molecule has 1 heterocycles. The molecule has 53 heavy (non-hydrogen) atoms. The zero-order chi connectivity index (χ0) is 34.9. The predicted molar refractivity (Wildman–Crippen MR) is 225 cm³/mol. The Morgan fingerprint density at radius 1 is 0.264 bits per heavy atom. The molecule has 0 unspecified atom stereocenters. The maximum absolute atomic E-state index is 6.29. The largest absolute Gasteiger partial charge is 0.456 e. The molecular weight excluding hydrogens is 641 g/mol. The van der Waals surface area contributed by atoms with Crippen LogP contribution in [-0.2, 0) is 0 Å². The topological polar surface area (TPSA) is 13.1 Å². The van der Waals surface area contributed by atoms with Gasteiger partial charge in [-0.2, -0.15) is 0 Å². The van der Waals surface area contributed by atoms with E-state index in [4.69, 9.17) is 4.42 Å². The van der Waals surface area contributed by atoms with Gasteiger partial charge in [-0.15, -0.1) is 0 Å². The monoisotopic (exact) mass is 672 g/mol. The first-order chi connectivity index (χ1) is 26.3. The maximum atomic E-state index is 6.29. The molecule has 10 aromatic carbocycles. The number of furan rings is 1. The van der Waals surface area contributed by atoms with E-state index >= 15 is 0 Å². The van der Waals surface area contributed by atoms with Crippen molar-refractivity contribution in [3.05, 3.63) is 194 Å². The molecule has 1 heteroatoms. The van der Waals surface area contributed by atoms with Gasteiger partial charge in [-0.1, -0.05) is 176 Å². The van der Waals surface area contributed by atoms with Crippen LogP contribution in [0.1, 0.15) is 0 Å². The molecule has 0 aliphatic carbocycles. The van der Waals surface area contributed by atoms with E-state index < -0.39 is 0 Å². The van der Waals surface area contributed by atoms with Gasteiger partial charge in [-0.3, -0.25) is 0 Å². The second-order valence-electron chi connectivity index (χ2n) is 14.0. The zero-order valence-corrected chi connectivity index (χ0v) is 28.9. The van der Waals surface area contributed by atoms with Crippen molar-refractivity contribution >= 4 is 65.0 Å². The van der Waals surface area contributed by atoms with Gasteiger partial charge in [0.1, 0.15) is 11.2 Å². The summed E-state index contributed by atoms with van der Waals surface area (Å²) in [5.74, 6) is 0. The standard InChI is InChI=1S/C52H32O/c1-3-13-40-34(10-1)12-9-19-41(40)36-22-26-38(27-23-36)51-45-17-7-5-15-43(45)50(44-16-6-8-18-46(44)51)37-24-20-33(21-25-37)39-29-30-48-47(32-39)52-42-14-4-2-11-35(42)28-31-49(52)53-48/h1-32H. The molecule has 0 atom stereocenters. The fraction of sp³-hybridized carbons (Fsp3) is 0. The van der Waals surface area contributed by atoms with E-state index in [0.29, 0.717) is 0 Å². The summed E-state index contributed by atoms with van der Waals surface area (Å²) in [5.41, 5.74) is 11.7. The van der Waals surface area contributed by atoms with Crippen molar-refractivity contribution < 1.29 is 4.42 Å². The predicted octanol–water partition coefficient (Wildman–Crippen LogP) is 14.9. The van der Waals surface area contributed by atoms with E-state index in [1.165, 1.54) is 93.0 Å². The highest BCUT2D eigenvalue weighted by Crippen LogP contribution is 2.45. The molecule has 0 fully saturated rings. The van der Waals surface area contributed by atoms with E-state index in [-0.39, 0.29) is 0 Å². The van der Waals surface area contributed by atoms with Gasteiger partial charge < -0.3 is 4.42 Å². The summed E-state index contributed by atoms with van der Waals surface area (Å²) < 4.78 is 6.29. The minimum absolute atomic E-state index is 0.915. The van der Waals surface area contributed by atoms with Crippen molar-refractivity contribution in [2.45, 2.75) is 0 Å². The van der Waals surface area contributed by atoms with E-state index in [1.54, 1.807) is 0 Å². The molecule has 0 radical (unpaired) electrons. The van der Waals surface area contributed by atoms with Crippen LogP contribution >= 0.6 is 0 Å². The van der Waals surface area contributed by atoms with Crippen LogP contribution in [0.15, 0.2) is 199 Å². The van der Waals surface area contributed by atoms with Gasteiger partial charge in [0.15, 0.2) is 0 Å². The van der Waals surface area contributed by atoms with Gasteiger partial charge in [-0.05, 0) is 106 Å². The van der Waals surface area contributed by atoms with Gasteiger partial charge >= 0.3 is 0 Å². The second kappa shape index (κ2) is 11.8. The van der Waals surface area contributed by atoms with Gasteiger partial charge in [0.2, 0.25) is 0 Å². The average Bonchev–Trinajstić information content (AvgIpc) is 3.61. The van der Waals surface area contributed by atoms with E-state index in [9.17, 15) is 0 Å². The highest BCUT2D eigenvalue weighted by Gasteiger charge is 2.17. The van der Waals surface area contributed by atoms with Gasteiger partial charge in [0, 0.05) is 10.8 Å². The van der Waals surface area contributed by atoms with Gasteiger partial charge in [0.25, 0.3) is 0 Å². The molecule has 1 nitrogen and oxygen atoms in total. The lowest BCUT2D eigenvalue weighted by Gasteiger charge is -2.18. The Hall–Kier alpha value is -6.96. The summed E-state index contributed by atoms with van der Waals surface area (Å²) in [6.45, 7) is 0. The highest BCUT2D eigenvalue weighted by molar-refractivity contribution is 6.22. The smallest absolute Gasteiger partial charge is 0.136 e. The quantitative estimate of drug-likeness (QED) is 0.170. The summed E-state index contributed by atoms with van der Waals surface area (Å²) >= 11 is 0. The molecule has 0 bridgehead atoms. The maximum Gasteiger partial charge on any atom is 0.136 e. The summed E-state index contributed by atoms with van der Waals surface area (Å²) in [6, 6.07) is 70.6. The minimum atomic E-state index is 0.915. The molecule has 0 saturated heterocycles. The first kappa shape index (κ1) is 29.7. The summed E-state index contributed by atoms with van der Waals surface area (Å²) in [7, 11) is 0. The lowest BCUT2D eigenvalue weighted by Crippen LogP contribution is -1.91. The number of fused-ring (bicyclic) bond motifs is 8. The minimum Gasteiger partial charge on any atom is -0.456 e. The molecule has 246 valence electrons. The van der Waals surface area contributed by atoms with Crippen molar-refractivity contribution in [3.8, 4) is 44.5 Å². The second-order valence-corrected chi connectivity index (χ2v) is 14.0. The molecular formula is C52H32O. The summed E-state index contributed by atoms with van der Waals surface area (Å²) in [5, 5.41) is 12.3. The number of benzene rings is 10. The Balaban J connectivity index is 1.03. The SMILES string of the molecule is c1ccc2c(-c3ccc(-c4c5ccccc5c(-c5ccc(-c6ccc7oc8ccc9ccccc9c8c7c6)cc5)c5ccccc45)cc3)cccc2c1. The van der Waals surface area contributed by atoms with Crippen LogP contribution in [0.4, 0.5) is 0 Å². The van der Waals surface area contributed by atoms with E-state index in [1.807, 2.05) is 0 Å². The van der Waals surface area contributed by atoms with Crippen LogP contribution < -0.4 is 0 Å². The molecule has 0 aliphatic heterocycles. The van der Waals surface area contributed by atoms with Crippen LogP contribution in [0.5, 0.6) is 0 Å². The molecule has 0 spiro atoms. The Bertz CT molecular complexity index is 3140. The third kappa shape index (κ3) is 4.71. The van der Waals surface area contributed by atoms with Crippen LogP contribution in [0.2, 0.25) is 0 Å². The van der Waals surface area contributed by atoms with E-state index in [0.717, 1.165) is 16.6 Å². The number of hydrogen-bond donors (Lipinski definition) is 0. The molecule has 0 saturated carbocycles. The third-order valence-electron chi connectivity index (χ3n) is 11.1. The molecule has 0 N–H and O–H groups in total. The van der Waals surface area contributed by atoms with Gasteiger partial charge in [0.05, 0.1) is 0 Å². The first-order valence-electron chi connectivity index (χ1n) is 18.3. The molecule has 11 aromatic rings. The molecule has 0 aliphatic rings. The Morgan fingerprint density at radius 3 is 1.34 bits per heavy atom. The Morgan fingerprint density at radius 2 is 0.717 bits per heavy atom. The average molecular weight is 673 g/mol. The van der Waals surface area contributed by atoms with Gasteiger partial charge in [-0.25, -0.2) is 0 Å². The lowest BCUT2D eigenvalue weighted by atomic mass is 9.85. The summed E-state index contributed by atoms with van der Waals surface area (Å²) in [4.78, 5) is 0. The Labute approximate surface area is 307 Å². The highest BCUT2D eigenvalue weighted by atomic mass is 16.3. The zero-order valence-electron chi connectivity index (χ0n) is 28.9. The fourth-order valence-corrected chi connectivity index (χ4v) is 8.60. The number of rotatable bonds is 4. The van der Waals surface area contributed by atoms with Crippen molar-refractivity contribution in [1.82, 2.24) is 0 Å². The molecule has 0 amide bonds. The third-order valence-corrected chi connectivity index (χ3v) is 11.1. The van der Waals surface area contributed by atoms with Crippen LogP contribution in [0, 0.1) is 0 Å². The van der Waals surface area contributed by atoms with Crippen LogP contribution in [0.3, 0.4) is 0 Å². The normalized spacial score (nSPS) is 11.8. The lowest BCUT2D eigenvalue weighted by molar-refractivity contribution is 0.669. The molecule has 1 aromatic heterocycles. The summed E-state index contributed by atoms with van der Waals surface area (Å²) in [6.07, 6.45) is 0. The Kier molecular flexibility index (Phi) is 6.62. The van der Waals surface area contributed by atoms with Crippen LogP contribution in [0.25, 0.3) is 110 Å². The van der Waals surface area contributed by atoms with Crippen molar-refractivity contribution in [3.63, 3.8) is 0 Å². The van der Waals surface area contributed by atoms with Crippen molar-refractivity contribution in [2.24, 2.45) is 0 Å².